The van der Waals surface area contributed by atoms with Crippen molar-refractivity contribution in [3.8, 4) is 0 Å². The lowest BCUT2D eigenvalue weighted by Crippen LogP contribution is -2.12. The number of halogens is 2. The van der Waals surface area contributed by atoms with Crippen LogP contribution < -0.4 is 5.73 Å². The summed E-state index contributed by atoms with van der Waals surface area (Å²) in [6, 6.07) is 13.7. The fraction of sp³-hybridized carbons (Fsp3) is 0.143. The summed E-state index contributed by atoms with van der Waals surface area (Å²) in [4.78, 5) is 0. The number of rotatable bonds is 2. The van der Waals surface area contributed by atoms with Gasteiger partial charge in [-0.05, 0) is 35.7 Å². The van der Waals surface area contributed by atoms with Crippen LogP contribution in [0.15, 0.2) is 46.9 Å². The van der Waals surface area contributed by atoms with E-state index in [1.807, 2.05) is 49.4 Å². The molecule has 17 heavy (non-hydrogen) atoms. The van der Waals surface area contributed by atoms with Gasteiger partial charge in [-0.1, -0.05) is 57.9 Å². The van der Waals surface area contributed by atoms with E-state index in [1.54, 1.807) is 0 Å². The summed E-state index contributed by atoms with van der Waals surface area (Å²) in [5.74, 6) is 0. The predicted octanol–water partition coefficient (Wildman–Crippen LogP) is 4.46. The topological polar surface area (TPSA) is 26.0 Å². The summed E-state index contributed by atoms with van der Waals surface area (Å²) in [5.41, 5.74) is 9.31. The zero-order chi connectivity index (χ0) is 12.4. The van der Waals surface area contributed by atoms with Crippen molar-refractivity contribution in [3.63, 3.8) is 0 Å². The summed E-state index contributed by atoms with van der Waals surface area (Å²) in [6.45, 7) is 1.99. The molecule has 0 bridgehead atoms. The lowest BCUT2D eigenvalue weighted by atomic mass is 9.98. The predicted molar refractivity (Wildman–Crippen MR) is 76.4 cm³/mol. The number of hydrogen-bond donors (Lipinski definition) is 1. The smallest absolute Gasteiger partial charge is 0.0566 e. The third-order valence-corrected chi connectivity index (χ3v) is 3.83. The van der Waals surface area contributed by atoms with Crippen molar-refractivity contribution < 1.29 is 0 Å². The first-order valence-corrected chi connectivity index (χ1v) is 6.52. The Balaban J connectivity index is 2.40. The summed E-state index contributed by atoms with van der Waals surface area (Å²) < 4.78 is 1.05. The molecule has 0 spiro atoms. The molecule has 2 N–H and O–H groups in total. The third-order valence-electron chi connectivity index (χ3n) is 2.79. The van der Waals surface area contributed by atoms with Gasteiger partial charge in [0.2, 0.25) is 0 Å². The Hall–Kier alpha value is -0.830. The van der Waals surface area contributed by atoms with Gasteiger partial charge < -0.3 is 5.73 Å². The second-order valence-electron chi connectivity index (χ2n) is 4.01. The van der Waals surface area contributed by atoms with E-state index in [2.05, 4.69) is 15.9 Å². The molecule has 0 aliphatic carbocycles. The Morgan fingerprint density at radius 2 is 1.76 bits per heavy atom. The zero-order valence-corrected chi connectivity index (χ0v) is 11.8. The van der Waals surface area contributed by atoms with E-state index in [4.69, 9.17) is 17.3 Å². The SMILES string of the molecule is Cc1cccc(C(N)c2ccc(Br)cc2)c1Cl. The molecule has 0 aliphatic rings. The average Bonchev–Trinajstić information content (AvgIpc) is 2.33. The molecule has 0 saturated carbocycles. The Morgan fingerprint density at radius 1 is 1.12 bits per heavy atom. The molecule has 0 heterocycles. The molecule has 2 aromatic rings. The van der Waals surface area contributed by atoms with Crippen LogP contribution in [0.25, 0.3) is 0 Å². The van der Waals surface area contributed by atoms with Gasteiger partial charge in [-0.25, -0.2) is 0 Å². The van der Waals surface area contributed by atoms with Crippen LogP contribution in [0.1, 0.15) is 22.7 Å². The number of nitrogens with two attached hydrogens (primary N) is 1. The van der Waals surface area contributed by atoms with Gasteiger partial charge in [0.15, 0.2) is 0 Å². The first-order valence-electron chi connectivity index (χ1n) is 5.35. The highest BCUT2D eigenvalue weighted by Crippen LogP contribution is 2.29. The van der Waals surface area contributed by atoms with Crippen LogP contribution in [0.4, 0.5) is 0 Å². The van der Waals surface area contributed by atoms with Gasteiger partial charge in [0.05, 0.1) is 6.04 Å². The molecule has 3 heteroatoms. The summed E-state index contributed by atoms with van der Waals surface area (Å²) in [6.07, 6.45) is 0. The Bertz CT molecular complexity index is 522. The van der Waals surface area contributed by atoms with Crippen LogP contribution >= 0.6 is 27.5 Å². The number of aryl methyl sites for hydroxylation is 1. The van der Waals surface area contributed by atoms with Gasteiger partial charge in [-0.15, -0.1) is 0 Å². The molecule has 0 aliphatic heterocycles. The lowest BCUT2D eigenvalue weighted by Gasteiger charge is -2.15. The van der Waals surface area contributed by atoms with E-state index in [1.165, 1.54) is 0 Å². The van der Waals surface area contributed by atoms with Crippen LogP contribution in [-0.2, 0) is 0 Å². The van der Waals surface area contributed by atoms with Gasteiger partial charge in [0, 0.05) is 9.50 Å². The first kappa shape index (κ1) is 12.6. The molecule has 1 nitrogen and oxygen atoms in total. The summed E-state index contributed by atoms with van der Waals surface area (Å²) in [5, 5.41) is 0.753. The Morgan fingerprint density at radius 3 is 2.41 bits per heavy atom. The first-order chi connectivity index (χ1) is 8.09. The molecule has 0 saturated heterocycles. The van der Waals surface area contributed by atoms with Gasteiger partial charge in [-0.2, -0.15) is 0 Å². The number of hydrogen-bond acceptors (Lipinski definition) is 1. The van der Waals surface area contributed by atoms with Gasteiger partial charge in [-0.3, -0.25) is 0 Å². The molecule has 2 rings (SSSR count). The summed E-state index contributed by atoms with van der Waals surface area (Å²) >= 11 is 9.69. The quantitative estimate of drug-likeness (QED) is 0.871. The van der Waals surface area contributed by atoms with Crippen molar-refractivity contribution in [1.82, 2.24) is 0 Å². The van der Waals surface area contributed by atoms with Gasteiger partial charge in [0.1, 0.15) is 0 Å². The van der Waals surface area contributed by atoms with Crippen molar-refractivity contribution in [3.05, 3.63) is 68.7 Å². The van der Waals surface area contributed by atoms with E-state index < -0.39 is 0 Å². The van der Waals surface area contributed by atoms with Crippen LogP contribution in [0.3, 0.4) is 0 Å². The minimum absolute atomic E-state index is 0.185. The Labute approximate surface area is 115 Å². The molecule has 88 valence electrons. The van der Waals surface area contributed by atoms with E-state index in [-0.39, 0.29) is 6.04 Å². The highest BCUT2D eigenvalue weighted by molar-refractivity contribution is 9.10. The fourth-order valence-corrected chi connectivity index (χ4v) is 2.27. The second-order valence-corrected chi connectivity index (χ2v) is 5.30. The van der Waals surface area contributed by atoms with Crippen molar-refractivity contribution >= 4 is 27.5 Å². The van der Waals surface area contributed by atoms with Crippen LogP contribution in [0.2, 0.25) is 5.02 Å². The van der Waals surface area contributed by atoms with E-state index in [9.17, 15) is 0 Å². The maximum absolute atomic E-state index is 6.28. The third kappa shape index (κ3) is 2.71. The Kier molecular flexibility index (Phi) is 3.87. The molecule has 0 aromatic heterocycles. The minimum atomic E-state index is -0.185. The van der Waals surface area contributed by atoms with Crippen molar-refractivity contribution in [2.24, 2.45) is 5.73 Å². The molecular weight excluding hydrogens is 298 g/mol. The molecular formula is C14H13BrClN. The molecule has 1 unspecified atom stereocenters. The monoisotopic (exact) mass is 309 g/mol. The van der Waals surface area contributed by atoms with Gasteiger partial charge in [0.25, 0.3) is 0 Å². The van der Waals surface area contributed by atoms with E-state index in [0.717, 1.165) is 26.2 Å². The number of benzene rings is 2. The maximum Gasteiger partial charge on any atom is 0.0566 e. The zero-order valence-electron chi connectivity index (χ0n) is 9.45. The molecule has 0 fully saturated rings. The van der Waals surface area contributed by atoms with E-state index in [0.29, 0.717) is 0 Å². The lowest BCUT2D eigenvalue weighted by molar-refractivity contribution is 0.869. The van der Waals surface area contributed by atoms with Crippen molar-refractivity contribution in [2.45, 2.75) is 13.0 Å². The highest BCUT2D eigenvalue weighted by Gasteiger charge is 2.13. The summed E-state index contributed by atoms with van der Waals surface area (Å²) in [7, 11) is 0. The molecule has 1 atom stereocenters. The standard InChI is InChI=1S/C14H13BrClN/c1-9-3-2-4-12(13(9)16)14(17)10-5-7-11(15)8-6-10/h2-8,14H,17H2,1H3. The van der Waals surface area contributed by atoms with Crippen LogP contribution in [0, 0.1) is 6.92 Å². The van der Waals surface area contributed by atoms with Crippen molar-refractivity contribution in [2.75, 3.05) is 0 Å². The maximum atomic E-state index is 6.28. The molecule has 2 aromatic carbocycles. The van der Waals surface area contributed by atoms with Crippen LogP contribution in [-0.4, -0.2) is 0 Å². The molecule has 0 amide bonds. The largest absolute Gasteiger partial charge is 0.320 e. The highest BCUT2D eigenvalue weighted by atomic mass is 79.9. The minimum Gasteiger partial charge on any atom is -0.320 e. The second kappa shape index (κ2) is 5.21. The average molecular weight is 311 g/mol. The normalized spacial score (nSPS) is 12.5. The van der Waals surface area contributed by atoms with E-state index >= 15 is 0 Å². The fourth-order valence-electron chi connectivity index (χ4n) is 1.76. The van der Waals surface area contributed by atoms with Crippen LogP contribution in [0.5, 0.6) is 0 Å². The van der Waals surface area contributed by atoms with Crippen molar-refractivity contribution in [1.29, 1.82) is 0 Å². The molecule has 0 radical (unpaired) electrons. The van der Waals surface area contributed by atoms with Gasteiger partial charge >= 0.3 is 0 Å².